The molecule has 0 saturated carbocycles. The Morgan fingerprint density at radius 1 is 1.14 bits per heavy atom. The van der Waals surface area contributed by atoms with Gasteiger partial charge in [-0.3, -0.25) is 14.7 Å². The van der Waals surface area contributed by atoms with E-state index < -0.39 is 4.92 Å². The van der Waals surface area contributed by atoms with E-state index in [1.807, 2.05) is 35.8 Å². The van der Waals surface area contributed by atoms with Crippen molar-refractivity contribution in [2.45, 2.75) is 12.1 Å². The van der Waals surface area contributed by atoms with Crippen LogP contribution in [-0.2, 0) is 4.74 Å². The number of hydrogen-bond acceptors (Lipinski definition) is 8. The van der Waals surface area contributed by atoms with E-state index in [-0.39, 0.29) is 5.88 Å². The van der Waals surface area contributed by atoms with Gasteiger partial charge in [-0.1, -0.05) is 29.5 Å². The summed E-state index contributed by atoms with van der Waals surface area (Å²) >= 11 is 1.36. The maximum Gasteiger partial charge on any atom is 0.433 e. The monoisotopic (exact) mass is 413 g/mol. The Morgan fingerprint density at radius 3 is 2.59 bits per heavy atom. The maximum absolute atomic E-state index is 10.7. The molecule has 0 atom stereocenters. The Kier molecular flexibility index (Phi) is 5.63. The van der Waals surface area contributed by atoms with Gasteiger partial charge in [-0.15, -0.1) is 10.2 Å². The van der Waals surface area contributed by atoms with Gasteiger partial charge in [0, 0.05) is 13.1 Å². The average Bonchev–Trinajstić information content (AvgIpc) is 3.37. The third-order valence-corrected chi connectivity index (χ3v) is 5.15. The molecule has 4 rings (SSSR count). The summed E-state index contributed by atoms with van der Waals surface area (Å²) in [5.74, 6) is 0.882. The molecule has 0 unspecified atom stereocenters. The van der Waals surface area contributed by atoms with Crippen LogP contribution in [0.25, 0.3) is 11.8 Å². The van der Waals surface area contributed by atoms with E-state index >= 15 is 0 Å². The van der Waals surface area contributed by atoms with Gasteiger partial charge in [-0.2, -0.15) is 0 Å². The maximum atomic E-state index is 10.7. The molecule has 0 radical (unpaired) electrons. The third-order valence-electron chi connectivity index (χ3n) is 4.40. The molecular formula is C19H19N5O4S. The zero-order valence-corrected chi connectivity index (χ0v) is 16.5. The summed E-state index contributed by atoms with van der Waals surface area (Å²) in [6.07, 6.45) is 1.67. The lowest BCUT2D eigenvalue weighted by Gasteiger charge is -2.27. The van der Waals surface area contributed by atoms with Gasteiger partial charge in [0.25, 0.3) is 0 Å². The van der Waals surface area contributed by atoms with Gasteiger partial charge in [0.2, 0.25) is 11.1 Å². The van der Waals surface area contributed by atoms with Gasteiger partial charge >= 0.3 is 5.88 Å². The van der Waals surface area contributed by atoms with Crippen molar-refractivity contribution in [1.29, 1.82) is 0 Å². The number of anilines is 1. The van der Waals surface area contributed by atoms with Gasteiger partial charge < -0.3 is 14.1 Å². The fourth-order valence-corrected chi connectivity index (χ4v) is 3.62. The van der Waals surface area contributed by atoms with E-state index in [0.717, 1.165) is 24.7 Å². The zero-order chi connectivity index (χ0) is 20.2. The summed E-state index contributed by atoms with van der Waals surface area (Å²) in [7, 11) is 0. The molecule has 9 nitrogen and oxygen atoms in total. The van der Waals surface area contributed by atoms with Crippen molar-refractivity contribution in [3.63, 3.8) is 0 Å². The highest BCUT2D eigenvalue weighted by Gasteiger charge is 2.21. The molecule has 0 N–H and O–H groups in total. The molecule has 0 bridgehead atoms. The van der Waals surface area contributed by atoms with Crippen LogP contribution >= 0.6 is 11.8 Å². The Hall–Kier alpha value is -3.11. The number of morpholine rings is 1. The highest BCUT2D eigenvalue weighted by Crippen LogP contribution is 2.29. The SMILES string of the molecule is Cc1ccc(-n2c(S/C=C/c3ccc([N+](=O)[O-])o3)nnc2N2CCOCC2)cc1. The predicted octanol–water partition coefficient (Wildman–Crippen LogP) is 3.68. The van der Waals surface area contributed by atoms with Gasteiger partial charge in [-0.05, 0) is 36.6 Å². The van der Waals surface area contributed by atoms with Gasteiger partial charge in [0.1, 0.15) is 10.7 Å². The van der Waals surface area contributed by atoms with Crippen LogP contribution in [0.4, 0.5) is 11.8 Å². The number of hydrogen-bond donors (Lipinski definition) is 0. The topological polar surface area (TPSA) is 99.5 Å². The number of aryl methyl sites for hydroxylation is 1. The highest BCUT2D eigenvalue weighted by atomic mass is 32.2. The smallest absolute Gasteiger partial charge is 0.401 e. The van der Waals surface area contributed by atoms with Gasteiger partial charge in [0.15, 0.2) is 0 Å². The fraction of sp³-hybridized carbons (Fsp3) is 0.263. The Balaban J connectivity index is 1.61. The first kappa shape index (κ1) is 19.2. The average molecular weight is 413 g/mol. The number of aromatic nitrogens is 3. The fourth-order valence-electron chi connectivity index (χ4n) is 2.92. The highest BCUT2D eigenvalue weighted by molar-refractivity contribution is 8.02. The summed E-state index contributed by atoms with van der Waals surface area (Å²) in [5.41, 5.74) is 2.13. The third kappa shape index (κ3) is 4.33. The van der Waals surface area contributed by atoms with Crippen LogP contribution in [0.5, 0.6) is 0 Å². The summed E-state index contributed by atoms with van der Waals surface area (Å²) in [6.45, 7) is 4.85. The largest absolute Gasteiger partial charge is 0.433 e. The van der Waals surface area contributed by atoms with Crippen LogP contribution in [0.2, 0.25) is 0 Å². The number of nitro groups is 1. The molecule has 1 saturated heterocycles. The van der Waals surface area contributed by atoms with Crippen LogP contribution in [0.15, 0.2) is 51.4 Å². The molecule has 0 aliphatic carbocycles. The second kappa shape index (κ2) is 8.50. The van der Waals surface area contributed by atoms with Crippen molar-refractivity contribution in [1.82, 2.24) is 14.8 Å². The Morgan fingerprint density at radius 2 is 1.90 bits per heavy atom. The van der Waals surface area contributed by atoms with E-state index in [1.165, 1.54) is 23.4 Å². The number of nitrogens with zero attached hydrogens (tertiary/aromatic N) is 5. The lowest BCUT2D eigenvalue weighted by Crippen LogP contribution is -2.37. The van der Waals surface area contributed by atoms with E-state index in [4.69, 9.17) is 9.15 Å². The molecule has 3 aromatic rings. The molecule has 0 spiro atoms. The molecule has 29 heavy (non-hydrogen) atoms. The second-order valence-electron chi connectivity index (χ2n) is 6.41. The van der Waals surface area contributed by atoms with Gasteiger partial charge in [-0.25, -0.2) is 0 Å². The lowest BCUT2D eigenvalue weighted by atomic mass is 10.2. The Bertz CT molecular complexity index is 1020. The molecule has 10 heteroatoms. The zero-order valence-electron chi connectivity index (χ0n) is 15.7. The van der Waals surface area contributed by atoms with E-state index in [9.17, 15) is 10.1 Å². The van der Waals surface area contributed by atoms with Crippen LogP contribution in [-0.4, -0.2) is 46.0 Å². The molecule has 1 fully saturated rings. The van der Waals surface area contributed by atoms with Crippen LogP contribution in [0, 0.1) is 17.0 Å². The molecule has 1 aliphatic heterocycles. The summed E-state index contributed by atoms with van der Waals surface area (Å²) in [4.78, 5) is 12.3. The van der Waals surface area contributed by atoms with Crippen molar-refractivity contribution < 1.29 is 14.1 Å². The normalized spacial score (nSPS) is 14.6. The van der Waals surface area contributed by atoms with E-state index in [0.29, 0.717) is 24.1 Å². The van der Waals surface area contributed by atoms with Crippen LogP contribution in [0.1, 0.15) is 11.3 Å². The predicted molar refractivity (Wildman–Crippen MR) is 109 cm³/mol. The first-order valence-electron chi connectivity index (χ1n) is 9.04. The molecule has 3 heterocycles. The first-order valence-corrected chi connectivity index (χ1v) is 9.92. The summed E-state index contributed by atoms with van der Waals surface area (Å²) in [5, 5.41) is 22.0. The number of furan rings is 1. The quantitative estimate of drug-likeness (QED) is 0.343. The first-order chi connectivity index (χ1) is 14.1. The van der Waals surface area contributed by atoms with Crippen molar-refractivity contribution in [2.75, 3.05) is 31.2 Å². The summed E-state index contributed by atoms with van der Waals surface area (Å²) < 4.78 is 12.6. The van der Waals surface area contributed by atoms with Crippen molar-refractivity contribution in [3.8, 4) is 5.69 Å². The number of ether oxygens (including phenoxy) is 1. The second-order valence-corrected chi connectivity index (χ2v) is 7.28. The Labute approximate surface area is 171 Å². The van der Waals surface area contributed by atoms with Crippen LogP contribution < -0.4 is 4.90 Å². The molecule has 2 aromatic heterocycles. The van der Waals surface area contributed by atoms with Crippen LogP contribution in [0.3, 0.4) is 0 Å². The van der Waals surface area contributed by atoms with Gasteiger partial charge in [0.05, 0.1) is 25.0 Å². The number of benzene rings is 1. The molecule has 1 aliphatic rings. The van der Waals surface area contributed by atoms with Crippen molar-refractivity contribution in [3.05, 3.63) is 63.2 Å². The molecular weight excluding hydrogens is 394 g/mol. The minimum atomic E-state index is -0.562. The minimum absolute atomic E-state index is 0.285. The molecule has 1 aromatic carbocycles. The van der Waals surface area contributed by atoms with Crippen molar-refractivity contribution >= 4 is 29.7 Å². The lowest BCUT2D eigenvalue weighted by molar-refractivity contribution is -0.402. The minimum Gasteiger partial charge on any atom is -0.401 e. The van der Waals surface area contributed by atoms with E-state index in [1.54, 1.807) is 17.6 Å². The standard InChI is InChI=1S/C19H19N5O4S/c1-14-2-4-15(5-3-14)23-18(22-9-11-27-12-10-22)20-21-19(23)29-13-8-16-6-7-17(28-16)24(25)26/h2-8,13H,9-12H2,1H3/b13-8+. The molecule has 150 valence electrons. The summed E-state index contributed by atoms with van der Waals surface area (Å²) in [6, 6.07) is 11.0. The number of rotatable bonds is 6. The van der Waals surface area contributed by atoms with E-state index in [2.05, 4.69) is 15.1 Å². The molecule has 0 amide bonds. The van der Waals surface area contributed by atoms with Crippen molar-refractivity contribution in [2.24, 2.45) is 0 Å². The number of thioether (sulfide) groups is 1.